The molecule has 0 aliphatic carbocycles. The Morgan fingerprint density at radius 2 is 2.00 bits per heavy atom. The van der Waals surface area contributed by atoms with Gasteiger partial charge in [-0.05, 0) is 43.9 Å². The monoisotopic (exact) mass is 307 g/mol. The highest BCUT2D eigenvalue weighted by atomic mass is 16.5. The van der Waals surface area contributed by atoms with Gasteiger partial charge in [-0.2, -0.15) is 10.5 Å². The Balaban J connectivity index is 2.43. The van der Waals surface area contributed by atoms with Gasteiger partial charge in [-0.25, -0.2) is 0 Å². The SMILES string of the molecule is COc1cc2c3c(c1)[C@H](C)CC(C)(C)N3C(=O)C2=C(C#N)C#N. The molecule has 3 rings (SSSR count). The normalized spacial score (nSPS) is 20.6. The lowest BCUT2D eigenvalue weighted by Gasteiger charge is -2.43. The summed E-state index contributed by atoms with van der Waals surface area (Å²) < 4.78 is 5.35. The maximum Gasteiger partial charge on any atom is 0.261 e. The number of amides is 1. The van der Waals surface area contributed by atoms with Crippen molar-refractivity contribution >= 4 is 17.2 Å². The van der Waals surface area contributed by atoms with Gasteiger partial charge in [-0.1, -0.05) is 6.92 Å². The third-order valence-electron chi connectivity index (χ3n) is 4.67. The van der Waals surface area contributed by atoms with E-state index in [0.29, 0.717) is 11.3 Å². The zero-order valence-corrected chi connectivity index (χ0v) is 13.6. The number of anilines is 1. The van der Waals surface area contributed by atoms with Crippen molar-refractivity contribution in [3.05, 3.63) is 28.8 Å². The molecule has 1 aromatic rings. The average Bonchev–Trinajstić information content (AvgIpc) is 2.80. The molecule has 0 fully saturated rings. The number of allylic oxidation sites excluding steroid dienone is 1. The van der Waals surface area contributed by atoms with Crippen LogP contribution in [0, 0.1) is 22.7 Å². The average molecular weight is 307 g/mol. The van der Waals surface area contributed by atoms with E-state index >= 15 is 0 Å². The predicted molar refractivity (Wildman–Crippen MR) is 85.7 cm³/mol. The molecule has 2 aliphatic heterocycles. The zero-order chi connectivity index (χ0) is 16.9. The molecule has 0 unspecified atom stereocenters. The summed E-state index contributed by atoms with van der Waals surface area (Å²) >= 11 is 0. The van der Waals surface area contributed by atoms with Crippen LogP contribution in [0.25, 0.3) is 5.57 Å². The molecular weight excluding hydrogens is 290 g/mol. The van der Waals surface area contributed by atoms with Crippen molar-refractivity contribution in [2.24, 2.45) is 0 Å². The topological polar surface area (TPSA) is 77.1 Å². The van der Waals surface area contributed by atoms with Gasteiger partial charge in [0.15, 0.2) is 0 Å². The smallest absolute Gasteiger partial charge is 0.261 e. The van der Waals surface area contributed by atoms with Crippen LogP contribution in [0.1, 0.15) is 44.2 Å². The highest BCUT2D eigenvalue weighted by molar-refractivity contribution is 6.35. The first-order valence-corrected chi connectivity index (χ1v) is 7.47. The number of hydrogen-bond donors (Lipinski definition) is 0. The van der Waals surface area contributed by atoms with Crippen molar-refractivity contribution < 1.29 is 9.53 Å². The van der Waals surface area contributed by atoms with E-state index in [1.807, 2.05) is 32.1 Å². The molecule has 2 heterocycles. The number of methoxy groups -OCH3 is 1. The van der Waals surface area contributed by atoms with Gasteiger partial charge >= 0.3 is 0 Å². The Hall–Kier alpha value is -2.79. The van der Waals surface area contributed by atoms with Gasteiger partial charge in [0, 0.05) is 11.1 Å². The van der Waals surface area contributed by atoms with Crippen LogP contribution in [-0.2, 0) is 4.79 Å². The molecule has 0 bridgehead atoms. The Morgan fingerprint density at radius 1 is 1.35 bits per heavy atom. The Morgan fingerprint density at radius 3 is 2.57 bits per heavy atom. The summed E-state index contributed by atoms with van der Waals surface area (Å²) in [7, 11) is 1.57. The van der Waals surface area contributed by atoms with Crippen LogP contribution in [0.2, 0.25) is 0 Å². The van der Waals surface area contributed by atoms with E-state index in [2.05, 4.69) is 6.92 Å². The fourth-order valence-corrected chi connectivity index (χ4v) is 3.80. The molecule has 2 aliphatic rings. The van der Waals surface area contributed by atoms with Crippen molar-refractivity contribution in [3.63, 3.8) is 0 Å². The first-order chi connectivity index (χ1) is 10.9. The summed E-state index contributed by atoms with van der Waals surface area (Å²) in [6, 6.07) is 7.40. The van der Waals surface area contributed by atoms with Gasteiger partial charge in [0.2, 0.25) is 0 Å². The van der Waals surface area contributed by atoms with Crippen molar-refractivity contribution in [2.45, 2.75) is 38.6 Å². The Labute approximate surface area is 135 Å². The molecule has 0 N–H and O–H groups in total. The summed E-state index contributed by atoms with van der Waals surface area (Å²) in [5.41, 5.74) is 2.14. The zero-order valence-electron chi connectivity index (χ0n) is 13.6. The molecule has 1 amide bonds. The lowest BCUT2D eigenvalue weighted by molar-refractivity contribution is -0.114. The summed E-state index contributed by atoms with van der Waals surface area (Å²) in [6.45, 7) is 6.15. The minimum absolute atomic E-state index is 0.150. The lowest BCUT2D eigenvalue weighted by Crippen LogP contribution is -2.49. The third kappa shape index (κ3) is 1.94. The maximum absolute atomic E-state index is 13.0. The van der Waals surface area contributed by atoms with Crippen LogP contribution in [0.3, 0.4) is 0 Å². The van der Waals surface area contributed by atoms with Crippen molar-refractivity contribution in [3.8, 4) is 17.9 Å². The fourth-order valence-electron chi connectivity index (χ4n) is 3.80. The molecule has 0 radical (unpaired) electrons. The standard InChI is InChI=1S/C18H17N3O2/c1-10-7-18(2,3)21-16-13(10)5-12(23-4)6-14(16)15(17(21)22)11(8-19)9-20/h5-6,10H,7H2,1-4H3/t10-/m1/s1. The third-order valence-corrected chi connectivity index (χ3v) is 4.67. The highest BCUT2D eigenvalue weighted by Crippen LogP contribution is 2.53. The van der Waals surface area contributed by atoms with E-state index in [1.54, 1.807) is 18.1 Å². The summed E-state index contributed by atoms with van der Waals surface area (Å²) in [4.78, 5) is 14.7. The number of ether oxygens (including phenoxy) is 1. The predicted octanol–water partition coefficient (Wildman–Crippen LogP) is 3.13. The van der Waals surface area contributed by atoms with E-state index < -0.39 is 0 Å². The number of carbonyl (C=O) groups is 1. The van der Waals surface area contributed by atoms with Gasteiger partial charge in [-0.15, -0.1) is 0 Å². The van der Waals surface area contributed by atoms with Crippen molar-refractivity contribution in [2.75, 3.05) is 12.0 Å². The largest absolute Gasteiger partial charge is 0.497 e. The van der Waals surface area contributed by atoms with Crippen LogP contribution in [-0.4, -0.2) is 18.6 Å². The maximum atomic E-state index is 13.0. The molecule has 116 valence electrons. The number of carbonyl (C=O) groups excluding carboxylic acids is 1. The fraction of sp³-hybridized carbons (Fsp3) is 0.389. The van der Waals surface area contributed by atoms with Gasteiger partial charge in [0.05, 0.1) is 18.4 Å². The molecule has 1 atom stereocenters. The van der Waals surface area contributed by atoms with E-state index in [4.69, 9.17) is 4.74 Å². The lowest BCUT2D eigenvalue weighted by atomic mass is 9.80. The summed E-state index contributed by atoms with van der Waals surface area (Å²) in [6.07, 6.45) is 0.806. The van der Waals surface area contributed by atoms with Crippen molar-refractivity contribution in [1.29, 1.82) is 10.5 Å². The van der Waals surface area contributed by atoms with E-state index in [0.717, 1.165) is 17.7 Å². The van der Waals surface area contributed by atoms with Gasteiger partial charge < -0.3 is 9.64 Å². The second-order valence-corrected chi connectivity index (χ2v) is 6.64. The van der Waals surface area contributed by atoms with Crippen LogP contribution in [0.4, 0.5) is 5.69 Å². The molecular formula is C18H17N3O2. The Kier molecular flexibility index (Phi) is 3.19. The van der Waals surface area contributed by atoms with Crippen LogP contribution < -0.4 is 9.64 Å². The summed E-state index contributed by atoms with van der Waals surface area (Å²) in [5.74, 6) is 0.613. The quantitative estimate of drug-likeness (QED) is 0.590. The van der Waals surface area contributed by atoms with Crippen molar-refractivity contribution in [1.82, 2.24) is 0 Å². The van der Waals surface area contributed by atoms with E-state index in [9.17, 15) is 15.3 Å². The second kappa shape index (κ2) is 4.86. The molecule has 0 saturated heterocycles. The van der Waals surface area contributed by atoms with Gasteiger partial charge in [-0.3, -0.25) is 4.79 Å². The van der Waals surface area contributed by atoms with Crippen LogP contribution in [0.5, 0.6) is 5.75 Å². The first kappa shape index (κ1) is 15.1. The van der Waals surface area contributed by atoms with E-state index in [-0.39, 0.29) is 28.5 Å². The molecule has 5 nitrogen and oxygen atoms in total. The molecule has 0 saturated carbocycles. The van der Waals surface area contributed by atoms with Gasteiger partial charge in [0.1, 0.15) is 23.5 Å². The van der Waals surface area contributed by atoms with Crippen LogP contribution in [0.15, 0.2) is 17.7 Å². The molecule has 5 heteroatoms. The molecule has 0 spiro atoms. The van der Waals surface area contributed by atoms with Gasteiger partial charge in [0.25, 0.3) is 5.91 Å². The molecule has 0 aromatic heterocycles. The number of hydrogen-bond acceptors (Lipinski definition) is 4. The minimum Gasteiger partial charge on any atom is -0.497 e. The number of nitriles is 2. The first-order valence-electron chi connectivity index (χ1n) is 7.47. The second-order valence-electron chi connectivity index (χ2n) is 6.64. The number of rotatable bonds is 1. The number of benzene rings is 1. The number of nitrogens with zero attached hydrogens (tertiary/aromatic N) is 3. The Bertz CT molecular complexity index is 821. The summed E-state index contributed by atoms with van der Waals surface area (Å²) in [5, 5.41) is 18.5. The van der Waals surface area contributed by atoms with E-state index in [1.165, 1.54) is 0 Å². The molecule has 23 heavy (non-hydrogen) atoms. The molecule has 1 aromatic carbocycles. The minimum atomic E-state index is -0.370. The van der Waals surface area contributed by atoms with Crippen LogP contribution >= 0.6 is 0 Å². The highest BCUT2D eigenvalue weighted by Gasteiger charge is 2.48.